The molecule has 3 heterocycles. The normalized spacial score (nSPS) is 31.1. The van der Waals surface area contributed by atoms with Gasteiger partial charge in [-0.15, -0.1) is 0 Å². The lowest BCUT2D eigenvalue weighted by molar-refractivity contribution is -0.0249. The standard InChI is InChI=1S/C10H12N4O4S/c15-1-3-5(16)6(17)7(18-3)9-13-4-8(14-9)11-2-12-10(4)19/h2-3,5-7,15-17H,1H2,(H2,11,12,13,14,19)/t3-,5-,6+,7?/m1/s1. The van der Waals surface area contributed by atoms with Crippen LogP contribution in [0.15, 0.2) is 6.33 Å². The molecule has 0 aliphatic carbocycles. The minimum Gasteiger partial charge on any atom is -0.394 e. The average molecular weight is 284 g/mol. The number of aromatic amines is 2. The van der Waals surface area contributed by atoms with Crippen LogP contribution in [0.1, 0.15) is 11.9 Å². The van der Waals surface area contributed by atoms with Gasteiger partial charge in [0, 0.05) is 0 Å². The number of hydrogen-bond donors (Lipinski definition) is 5. The molecular formula is C10H12N4O4S. The van der Waals surface area contributed by atoms with E-state index >= 15 is 0 Å². The summed E-state index contributed by atoms with van der Waals surface area (Å²) in [7, 11) is 0. The molecule has 1 unspecified atom stereocenters. The zero-order chi connectivity index (χ0) is 13.6. The van der Waals surface area contributed by atoms with Gasteiger partial charge in [-0.2, -0.15) is 0 Å². The molecule has 0 aromatic carbocycles. The second kappa shape index (κ2) is 4.62. The van der Waals surface area contributed by atoms with Crippen LogP contribution in [-0.4, -0.2) is 60.2 Å². The molecule has 9 heteroatoms. The summed E-state index contributed by atoms with van der Waals surface area (Å²) in [5.74, 6) is 0.315. The van der Waals surface area contributed by atoms with Crippen LogP contribution in [-0.2, 0) is 4.74 Å². The van der Waals surface area contributed by atoms with Crippen LogP contribution in [0.5, 0.6) is 0 Å². The maximum atomic E-state index is 9.91. The van der Waals surface area contributed by atoms with Crippen molar-refractivity contribution >= 4 is 23.4 Å². The van der Waals surface area contributed by atoms with Gasteiger partial charge in [-0.1, -0.05) is 12.2 Å². The Morgan fingerprint density at radius 1 is 1.37 bits per heavy atom. The highest BCUT2D eigenvalue weighted by Crippen LogP contribution is 2.32. The Morgan fingerprint density at radius 2 is 2.16 bits per heavy atom. The second-order valence-electron chi connectivity index (χ2n) is 4.31. The van der Waals surface area contributed by atoms with Gasteiger partial charge in [-0.3, -0.25) is 0 Å². The fraction of sp³-hybridized carbons (Fsp3) is 0.500. The van der Waals surface area contributed by atoms with Gasteiger partial charge < -0.3 is 30.0 Å². The quantitative estimate of drug-likeness (QED) is 0.455. The monoisotopic (exact) mass is 284 g/mol. The van der Waals surface area contributed by atoms with Crippen molar-refractivity contribution < 1.29 is 20.1 Å². The molecule has 0 radical (unpaired) electrons. The molecule has 0 bridgehead atoms. The van der Waals surface area contributed by atoms with Gasteiger partial charge in [0.05, 0.1) is 12.9 Å². The first kappa shape index (κ1) is 12.6. The molecular weight excluding hydrogens is 272 g/mol. The van der Waals surface area contributed by atoms with Crippen molar-refractivity contribution in [2.24, 2.45) is 0 Å². The number of aliphatic hydroxyl groups excluding tert-OH is 3. The molecule has 2 aromatic heterocycles. The number of aliphatic hydroxyl groups is 3. The summed E-state index contributed by atoms with van der Waals surface area (Å²) in [6.07, 6.45) is -2.59. The molecule has 5 N–H and O–H groups in total. The molecule has 1 aliphatic rings. The maximum Gasteiger partial charge on any atom is 0.162 e. The first-order valence-corrected chi connectivity index (χ1v) is 6.08. The molecule has 0 saturated carbocycles. The van der Waals surface area contributed by atoms with Gasteiger partial charge >= 0.3 is 0 Å². The predicted octanol–water partition coefficient (Wildman–Crippen LogP) is -0.831. The third-order valence-corrected chi connectivity index (χ3v) is 3.43. The number of nitrogens with one attached hydrogen (secondary N) is 2. The van der Waals surface area contributed by atoms with Gasteiger partial charge in [0.25, 0.3) is 0 Å². The predicted molar refractivity (Wildman–Crippen MR) is 65.8 cm³/mol. The number of imidazole rings is 1. The fourth-order valence-corrected chi connectivity index (χ4v) is 2.31. The lowest BCUT2D eigenvalue weighted by Crippen LogP contribution is -2.32. The molecule has 102 valence electrons. The van der Waals surface area contributed by atoms with Gasteiger partial charge in [-0.05, 0) is 0 Å². The summed E-state index contributed by atoms with van der Waals surface area (Å²) in [5, 5.41) is 28.6. The van der Waals surface area contributed by atoms with E-state index in [1.807, 2.05) is 0 Å². The molecule has 0 amide bonds. The first-order valence-electron chi connectivity index (χ1n) is 5.67. The molecule has 1 fully saturated rings. The van der Waals surface area contributed by atoms with E-state index in [0.717, 1.165) is 0 Å². The van der Waals surface area contributed by atoms with Gasteiger partial charge in [-0.25, -0.2) is 9.97 Å². The van der Waals surface area contributed by atoms with Crippen molar-refractivity contribution in [2.75, 3.05) is 6.61 Å². The van der Waals surface area contributed by atoms with Crippen LogP contribution in [0.2, 0.25) is 0 Å². The van der Waals surface area contributed by atoms with E-state index in [9.17, 15) is 10.2 Å². The van der Waals surface area contributed by atoms with Crippen LogP contribution in [0, 0.1) is 4.64 Å². The lowest BCUT2D eigenvalue weighted by Gasteiger charge is -2.11. The molecule has 19 heavy (non-hydrogen) atoms. The van der Waals surface area contributed by atoms with E-state index in [-0.39, 0.29) is 6.61 Å². The molecule has 2 aromatic rings. The van der Waals surface area contributed by atoms with Crippen molar-refractivity contribution in [1.29, 1.82) is 0 Å². The number of ether oxygens (including phenoxy) is 1. The number of aromatic nitrogens is 4. The average Bonchev–Trinajstić information content (AvgIpc) is 2.94. The summed E-state index contributed by atoms with van der Waals surface area (Å²) in [5.41, 5.74) is 0.932. The Balaban J connectivity index is 2.01. The van der Waals surface area contributed by atoms with E-state index in [1.54, 1.807) is 0 Å². The molecule has 4 atom stereocenters. The molecule has 0 spiro atoms. The Labute approximate surface area is 112 Å². The van der Waals surface area contributed by atoms with Crippen molar-refractivity contribution in [3.8, 4) is 0 Å². The van der Waals surface area contributed by atoms with Crippen LogP contribution in [0.25, 0.3) is 11.2 Å². The van der Waals surface area contributed by atoms with Crippen molar-refractivity contribution in [3.05, 3.63) is 16.8 Å². The summed E-state index contributed by atoms with van der Waals surface area (Å²) in [4.78, 5) is 13.9. The van der Waals surface area contributed by atoms with E-state index in [0.29, 0.717) is 21.6 Å². The summed E-state index contributed by atoms with van der Waals surface area (Å²) in [6, 6.07) is 0. The molecule has 3 rings (SSSR count). The number of fused-ring (bicyclic) bond motifs is 1. The second-order valence-corrected chi connectivity index (χ2v) is 4.72. The fourth-order valence-electron chi connectivity index (χ4n) is 2.12. The summed E-state index contributed by atoms with van der Waals surface area (Å²) >= 11 is 5.07. The highest BCUT2D eigenvalue weighted by atomic mass is 32.1. The highest BCUT2D eigenvalue weighted by Gasteiger charge is 2.44. The minimum atomic E-state index is -1.17. The van der Waals surface area contributed by atoms with Crippen LogP contribution < -0.4 is 0 Å². The number of hydrogen-bond acceptors (Lipinski definition) is 7. The third-order valence-electron chi connectivity index (χ3n) is 3.12. The Hall–Kier alpha value is -1.39. The summed E-state index contributed by atoms with van der Waals surface area (Å²) < 4.78 is 5.79. The van der Waals surface area contributed by atoms with Gasteiger partial charge in [0.15, 0.2) is 5.65 Å². The van der Waals surface area contributed by atoms with Gasteiger partial charge in [0.2, 0.25) is 0 Å². The van der Waals surface area contributed by atoms with E-state index in [1.165, 1.54) is 6.33 Å². The summed E-state index contributed by atoms with van der Waals surface area (Å²) in [6.45, 7) is -0.382. The van der Waals surface area contributed by atoms with E-state index < -0.39 is 24.4 Å². The Bertz CT molecular complexity index is 656. The van der Waals surface area contributed by atoms with Crippen molar-refractivity contribution in [3.63, 3.8) is 0 Å². The SMILES string of the molecule is OC[C@H]1OC(c2nc3c(=S)[nH]cnc3[nH]2)[C@@H](O)[C@@H]1O. The van der Waals surface area contributed by atoms with Crippen molar-refractivity contribution in [2.45, 2.75) is 24.4 Å². The Morgan fingerprint density at radius 3 is 2.79 bits per heavy atom. The number of nitrogens with zero attached hydrogens (tertiary/aromatic N) is 2. The van der Waals surface area contributed by atoms with Gasteiger partial charge in [0.1, 0.15) is 40.4 Å². The Kier molecular flexibility index (Phi) is 3.07. The molecule has 1 saturated heterocycles. The third kappa shape index (κ3) is 1.95. The smallest absolute Gasteiger partial charge is 0.162 e. The molecule has 1 aliphatic heterocycles. The van der Waals surface area contributed by atoms with Crippen molar-refractivity contribution in [1.82, 2.24) is 19.9 Å². The first-order chi connectivity index (χ1) is 9.11. The number of H-pyrrole nitrogens is 2. The van der Waals surface area contributed by atoms with E-state index in [2.05, 4.69) is 19.9 Å². The zero-order valence-corrected chi connectivity index (χ0v) is 10.5. The lowest BCUT2D eigenvalue weighted by atomic mass is 10.1. The van der Waals surface area contributed by atoms with Crippen LogP contribution in [0.3, 0.4) is 0 Å². The highest BCUT2D eigenvalue weighted by molar-refractivity contribution is 7.71. The largest absolute Gasteiger partial charge is 0.394 e. The van der Waals surface area contributed by atoms with Crippen LogP contribution >= 0.6 is 12.2 Å². The zero-order valence-electron chi connectivity index (χ0n) is 9.65. The maximum absolute atomic E-state index is 9.91. The van der Waals surface area contributed by atoms with E-state index in [4.69, 9.17) is 22.1 Å². The number of rotatable bonds is 2. The molecule has 8 nitrogen and oxygen atoms in total. The topological polar surface area (TPSA) is 127 Å². The van der Waals surface area contributed by atoms with Crippen LogP contribution in [0.4, 0.5) is 0 Å². The minimum absolute atomic E-state index is 0.315.